The molecule has 1 unspecified atom stereocenters. The maximum atomic E-state index is 6.10. The number of hydrogen-bond donors (Lipinski definition) is 1. The van der Waals surface area contributed by atoms with Crippen molar-refractivity contribution >= 4 is 0 Å². The Morgan fingerprint density at radius 3 is 2.25 bits per heavy atom. The molecule has 0 saturated heterocycles. The number of methoxy groups -OCH3 is 2. The molecule has 1 saturated carbocycles. The summed E-state index contributed by atoms with van der Waals surface area (Å²) in [4.78, 5) is 0. The van der Waals surface area contributed by atoms with Gasteiger partial charge in [-0.1, -0.05) is 43.5 Å². The van der Waals surface area contributed by atoms with Gasteiger partial charge in [-0.25, -0.2) is 0 Å². The Kier molecular flexibility index (Phi) is 5.58. The predicted octanol–water partition coefficient (Wildman–Crippen LogP) is 3.18. The molecule has 1 aromatic carbocycles. The Morgan fingerprint density at radius 2 is 1.75 bits per heavy atom. The van der Waals surface area contributed by atoms with E-state index >= 15 is 0 Å². The van der Waals surface area contributed by atoms with Crippen LogP contribution >= 0.6 is 0 Å². The van der Waals surface area contributed by atoms with E-state index in [0.29, 0.717) is 6.61 Å². The molecular weight excluding hydrogens is 250 g/mol. The lowest BCUT2D eigenvalue weighted by molar-refractivity contribution is 0.0274. The van der Waals surface area contributed by atoms with Crippen LogP contribution in [0.3, 0.4) is 0 Å². The first-order valence-corrected chi connectivity index (χ1v) is 7.58. The van der Waals surface area contributed by atoms with Crippen LogP contribution in [0.5, 0.6) is 0 Å². The van der Waals surface area contributed by atoms with Crippen LogP contribution in [0.2, 0.25) is 0 Å². The van der Waals surface area contributed by atoms with Crippen molar-refractivity contribution in [2.24, 2.45) is 5.73 Å². The van der Waals surface area contributed by atoms with Crippen molar-refractivity contribution in [3.05, 3.63) is 35.4 Å². The molecule has 1 aliphatic carbocycles. The smallest absolute Gasteiger partial charge is 0.105 e. The monoisotopic (exact) mass is 277 g/mol. The Bertz CT molecular complexity index is 396. The lowest BCUT2D eigenvalue weighted by Crippen LogP contribution is -2.37. The van der Waals surface area contributed by atoms with Gasteiger partial charge in [0.1, 0.15) is 6.10 Å². The van der Waals surface area contributed by atoms with Crippen LogP contribution in [-0.2, 0) is 14.9 Å². The minimum Gasteiger partial charge on any atom is -0.382 e. The molecule has 0 spiro atoms. The second-order valence-corrected chi connectivity index (χ2v) is 5.85. The van der Waals surface area contributed by atoms with Crippen LogP contribution in [0.1, 0.15) is 49.3 Å². The summed E-state index contributed by atoms with van der Waals surface area (Å²) in [5, 5.41) is 0. The molecule has 0 aromatic heterocycles. The summed E-state index contributed by atoms with van der Waals surface area (Å²) >= 11 is 0. The van der Waals surface area contributed by atoms with E-state index in [0.717, 1.165) is 6.54 Å². The van der Waals surface area contributed by atoms with Crippen LogP contribution in [0.4, 0.5) is 0 Å². The van der Waals surface area contributed by atoms with Crippen molar-refractivity contribution in [3.8, 4) is 0 Å². The highest BCUT2D eigenvalue weighted by Crippen LogP contribution is 2.38. The van der Waals surface area contributed by atoms with Gasteiger partial charge >= 0.3 is 0 Å². The molecule has 0 radical (unpaired) electrons. The van der Waals surface area contributed by atoms with Gasteiger partial charge in [-0.05, 0) is 24.0 Å². The summed E-state index contributed by atoms with van der Waals surface area (Å²) in [5.74, 6) is 0. The molecule has 112 valence electrons. The average Bonchev–Trinajstić information content (AvgIpc) is 2.53. The molecule has 3 nitrogen and oxygen atoms in total. The fourth-order valence-electron chi connectivity index (χ4n) is 3.34. The number of hydrogen-bond acceptors (Lipinski definition) is 3. The highest BCUT2D eigenvalue weighted by molar-refractivity contribution is 5.31. The van der Waals surface area contributed by atoms with Gasteiger partial charge in [0, 0.05) is 26.2 Å². The number of benzene rings is 1. The largest absolute Gasteiger partial charge is 0.382 e. The summed E-state index contributed by atoms with van der Waals surface area (Å²) in [6.07, 6.45) is 6.38. The summed E-state index contributed by atoms with van der Waals surface area (Å²) in [6, 6.07) is 8.79. The Hall–Kier alpha value is -0.900. The Morgan fingerprint density at radius 1 is 1.10 bits per heavy atom. The van der Waals surface area contributed by atoms with E-state index in [1.165, 1.54) is 43.2 Å². The van der Waals surface area contributed by atoms with Gasteiger partial charge in [0.25, 0.3) is 0 Å². The third-order valence-electron chi connectivity index (χ3n) is 4.70. The van der Waals surface area contributed by atoms with Gasteiger partial charge in [0.15, 0.2) is 0 Å². The van der Waals surface area contributed by atoms with Crippen LogP contribution in [-0.4, -0.2) is 27.4 Å². The normalized spacial score (nSPS) is 19.8. The zero-order valence-corrected chi connectivity index (χ0v) is 12.7. The number of nitrogens with two attached hydrogens (primary N) is 1. The molecule has 1 fully saturated rings. The first-order chi connectivity index (χ1) is 9.75. The third-order valence-corrected chi connectivity index (χ3v) is 4.70. The summed E-state index contributed by atoms with van der Waals surface area (Å²) in [7, 11) is 3.42. The second kappa shape index (κ2) is 7.21. The van der Waals surface area contributed by atoms with Crippen LogP contribution in [0.15, 0.2) is 24.3 Å². The first-order valence-electron chi connectivity index (χ1n) is 7.58. The summed E-state index contributed by atoms with van der Waals surface area (Å²) < 4.78 is 10.7. The molecule has 20 heavy (non-hydrogen) atoms. The minimum atomic E-state index is 0.00855. The summed E-state index contributed by atoms with van der Waals surface area (Å²) in [6.45, 7) is 1.33. The van der Waals surface area contributed by atoms with E-state index in [9.17, 15) is 0 Å². The molecule has 0 bridgehead atoms. The molecular formula is C17H27NO2. The van der Waals surface area contributed by atoms with Gasteiger partial charge < -0.3 is 15.2 Å². The quantitative estimate of drug-likeness (QED) is 0.868. The minimum absolute atomic E-state index is 0.00855. The standard InChI is InChI=1S/C17H27NO2/c1-19-12-16(20-2)14-6-8-15(9-7-14)17(13-18)10-4-3-5-11-17/h6-9,16H,3-5,10-13,18H2,1-2H3. The highest BCUT2D eigenvalue weighted by atomic mass is 16.5. The highest BCUT2D eigenvalue weighted by Gasteiger charge is 2.32. The van der Waals surface area contributed by atoms with E-state index in [2.05, 4.69) is 24.3 Å². The fraction of sp³-hybridized carbons (Fsp3) is 0.647. The average molecular weight is 277 g/mol. The maximum absolute atomic E-state index is 6.10. The topological polar surface area (TPSA) is 44.5 Å². The zero-order valence-electron chi connectivity index (χ0n) is 12.7. The molecule has 1 aliphatic rings. The third kappa shape index (κ3) is 3.22. The van der Waals surface area contributed by atoms with Gasteiger partial charge in [-0.2, -0.15) is 0 Å². The van der Waals surface area contributed by atoms with Gasteiger partial charge in [0.05, 0.1) is 6.61 Å². The molecule has 1 atom stereocenters. The second-order valence-electron chi connectivity index (χ2n) is 5.85. The van der Waals surface area contributed by atoms with Crippen molar-refractivity contribution in [2.75, 3.05) is 27.4 Å². The Labute approximate surface area is 122 Å². The van der Waals surface area contributed by atoms with E-state index in [1.54, 1.807) is 14.2 Å². The summed E-state index contributed by atoms with van der Waals surface area (Å²) in [5.41, 5.74) is 8.84. The first kappa shape index (κ1) is 15.5. The SMILES string of the molecule is COCC(OC)c1ccc(C2(CN)CCCCC2)cc1. The van der Waals surface area contributed by atoms with E-state index < -0.39 is 0 Å². The van der Waals surface area contributed by atoms with Crippen LogP contribution in [0, 0.1) is 0 Å². The number of rotatable bonds is 6. The van der Waals surface area contributed by atoms with Gasteiger partial charge in [-0.15, -0.1) is 0 Å². The van der Waals surface area contributed by atoms with Crippen molar-refractivity contribution in [1.29, 1.82) is 0 Å². The molecule has 0 amide bonds. The zero-order chi connectivity index (χ0) is 14.4. The number of ether oxygens (including phenoxy) is 2. The molecule has 2 rings (SSSR count). The van der Waals surface area contributed by atoms with Crippen molar-refractivity contribution < 1.29 is 9.47 Å². The maximum Gasteiger partial charge on any atom is 0.105 e. The van der Waals surface area contributed by atoms with Crippen molar-refractivity contribution in [2.45, 2.75) is 43.6 Å². The molecule has 0 heterocycles. The van der Waals surface area contributed by atoms with Crippen LogP contribution in [0.25, 0.3) is 0 Å². The van der Waals surface area contributed by atoms with E-state index in [1.807, 2.05) is 0 Å². The van der Waals surface area contributed by atoms with E-state index in [4.69, 9.17) is 15.2 Å². The Balaban J connectivity index is 2.17. The van der Waals surface area contributed by atoms with Gasteiger partial charge in [0.2, 0.25) is 0 Å². The van der Waals surface area contributed by atoms with Crippen molar-refractivity contribution in [3.63, 3.8) is 0 Å². The molecule has 2 N–H and O–H groups in total. The molecule has 0 aliphatic heterocycles. The predicted molar refractivity (Wildman–Crippen MR) is 81.9 cm³/mol. The molecule has 3 heteroatoms. The van der Waals surface area contributed by atoms with E-state index in [-0.39, 0.29) is 11.5 Å². The fourth-order valence-corrected chi connectivity index (χ4v) is 3.34. The van der Waals surface area contributed by atoms with Crippen LogP contribution < -0.4 is 5.73 Å². The lowest BCUT2D eigenvalue weighted by atomic mass is 9.69. The van der Waals surface area contributed by atoms with Crippen molar-refractivity contribution in [1.82, 2.24) is 0 Å². The van der Waals surface area contributed by atoms with Gasteiger partial charge in [-0.3, -0.25) is 0 Å². The molecule has 1 aromatic rings. The lowest BCUT2D eigenvalue weighted by Gasteiger charge is -2.37.